The first kappa shape index (κ1) is 14.3. The highest BCUT2D eigenvalue weighted by Gasteiger charge is 2.32. The Morgan fingerprint density at radius 2 is 2.00 bits per heavy atom. The maximum absolute atomic E-state index is 12.4. The predicted molar refractivity (Wildman–Crippen MR) is 73.6 cm³/mol. The highest BCUT2D eigenvalue weighted by Crippen LogP contribution is 2.18. The molecule has 0 aromatic rings. The lowest BCUT2D eigenvalue weighted by Gasteiger charge is -2.37. The average Bonchev–Trinajstić information content (AvgIpc) is 2.38. The summed E-state index contributed by atoms with van der Waals surface area (Å²) in [6, 6.07) is -0.297. The molecular formula is C14H25N3O2. The third kappa shape index (κ3) is 3.69. The molecule has 0 bridgehead atoms. The topological polar surface area (TPSA) is 52.7 Å². The van der Waals surface area contributed by atoms with Gasteiger partial charge in [0.05, 0.1) is 0 Å². The number of nitrogens with zero attached hydrogens (tertiary/aromatic N) is 2. The summed E-state index contributed by atoms with van der Waals surface area (Å²) in [5.41, 5.74) is 0. The summed E-state index contributed by atoms with van der Waals surface area (Å²) >= 11 is 0. The Morgan fingerprint density at radius 1 is 1.32 bits per heavy atom. The first-order valence-corrected chi connectivity index (χ1v) is 7.40. The summed E-state index contributed by atoms with van der Waals surface area (Å²) in [5.74, 6) is 0.432. The van der Waals surface area contributed by atoms with E-state index in [1.165, 1.54) is 0 Å². The standard InChI is InChI=1S/C14H25N3O2/c1-3-4-16-5-7-17(8-6-16)14(19)12-9-11(2)10-13(18)15-12/h11-12H,3-10H2,1-2H3,(H,15,18)/t11-,12-/m0/s1. The number of rotatable bonds is 3. The molecule has 2 heterocycles. The van der Waals surface area contributed by atoms with Crippen LogP contribution < -0.4 is 5.32 Å². The molecule has 2 aliphatic heterocycles. The molecule has 2 aliphatic rings. The van der Waals surface area contributed by atoms with E-state index in [0.717, 1.165) is 45.6 Å². The fourth-order valence-corrected chi connectivity index (χ4v) is 3.01. The second-order valence-electron chi connectivity index (χ2n) is 5.83. The van der Waals surface area contributed by atoms with E-state index in [2.05, 4.69) is 17.1 Å². The zero-order valence-corrected chi connectivity index (χ0v) is 12.0. The Hall–Kier alpha value is -1.10. The summed E-state index contributed by atoms with van der Waals surface area (Å²) in [5, 5.41) is 2.84. The van der Waals surface area contributed by atoms with E-state index in [4.69, 9.17) is 0 Å². The van der Waals surface area contributed by atoms with Gasteiger partial charge in [-0.2, -0.15) is 0 Å². The fourth-order valence-electron chi connectivity index (χ4n) is 3.01. The molecule has 1 N–H and O–H groups in total. The minimum Gasteiger partial charge on any atom is -0.344 e. The van der Waals surface area contributed by atoms with Gasteiger partial charge in [0.25, 0.3) is 0 Å². The monoisotopic (exact) mass is 267 g/mol. The molecule has 0 aromatic carbocycles. The number of hydrogen-bond donors (Lipinski definition) is 1. The molecule has 0 saturated carbocycles. The lowest BCUT2D eigenvalue weighted by Crippen LogP contribution is -2.56. The first-order valence-electron chi connectivity index (χ1n) is 7.40. The van der Waals surface area contributed by atoms with Crippen LogP contribution in [0.1, 0.15) is 33.1 Å². The minimum atomic E-state index is -0.297. The van der Waals surface area contributed by atoms with Crippen molar-refractivity contribution in [1.29, 1.82) is 0 Å². The van der Waals surface area contributed by atoms with Crippen LogP contribution in [0.4, 0.5) is 0 Å². The van der Waals surface area contributed by atoms with Gasteiger partial charge in [-0.1, -0.05) is 13.8 Å². The van der Waals surface area contributed by atoms with Crippen LogP contribution in [0.2, 0.25) is 0 Å². The molecule has 5 heteroatoms. The molecule has 2 rings (SSSR count). The van der Waals surface area contributed by atoms with Gasteiger partial charge >= 0.3 is 0 Å². The zero-order chi connectivity index (χ0) is 13.8. The molecule has 2 fully saturated rings. The number of carbonyl (C=O) groups is 2. The number of amides is 2. The molecule has 0 unspecified atom stereocenters. The van der Waals surface area contributed by atoms with E-state index in [-0.39, 0.29) is 17.9 Å². The van der Waals surface area contributed by atoms with Gasteiger partial charge in [0.15, 0.2) is 0 Å². The number of hydrogen-bond acceptors (Lipinski definition) is 3. The van der Waals surface area contributed by atoms with Gasteiger partial charge in [-0.15, -0.1) is 0 Å². The van der Waals surface area contributed by atoms with Crippen molar-refractivity contribution in [3.05, 3.63) is 0 Å². The molecule has 0 spiro atoms. The van der Waals surface area contributed by atoms with Crippen molar-refractivity contribution in [2.24, 2.45) is 5.92 Å². The largest absolute Gasteiger partial charge is 0.344 e. The van der Waals surface area contributed by atoms with Crippen molar-refractivity contribution in [1.82, 2.24) is 15.1 Å². The van der Waals surface area contributed by atoms with E-state index in [1.54, 1.807) is 0 Å². The Labute approximate surface area is 115 Å². The van der Waals surface area contributed by atoms with Crippen molar-refractivity contribution in [2.75, 3.05) is 32.7 Å². The molecule has 19 heavy (non-hydrogen) atoms. The molecule has 0 aromatic heterocycles. The summed E-state index contributed by atoms with van der Waals surface area (Å²) < 4.78 is 0. The first-order chi connectivity index (χ1) is 9.10. The van der Waals surface area contributed by atoms with Gasteiger partial charge in [0, 0.05) is 32.6 Å². The van der Waals surface area contributed by atoms with Gasteiger partial charge in [0.1, 0.15) is 6.04 Å². The Bertz CT molecular complexity index is 338. The van der Waals surface area contributed by atoms with Crippen molar-refractivity contribution in [3.63, 3.8) is 0 Å². The Morgan fingerprint density at radius 3 is 2.58 bits per heavy atom. The van der Waals surface area contributed by atoms with Gasteiger partial charge in [-0.25, -0.2) is 0 Å². The smallest absolute Gasteiger partial charge is 0.245 e. The SMILES string of the molecule is CCCN1CCN(C(=O)[C@@H]2C[C@H](C)CC(=O)N2)CC1. The summed E-state index contributed by atoms with van der Waals surface area (Å²) in [7, 11) is 0. The summed E-state index contributed by atoms with van der Waals surface area (Å²) in [6.45, 7) is 8.82. The molecule has 108 valence electrons. The normalized spacial score (nSPS) is 29.2. The van der Waals surface area contributed by atoms with Gasteiger partial charge in [-0.3, -0.25) is 14.5 Å². The maximum atomic E-state index is 12.4. The molecule has 0 radical (unpaired) electrons. The highest BCUT2D eigenvalue weighted by molar-refractivity contribution is 5.89. The van der Waals surface area contributed by atoms with E-state index in [9.17, 15) is 9.59 Å². The Kier molecular flexibility index (Phi) is 4.80. The lowest BCUT2D eigenvalue weighted by atomic mass is 9.93. The highest BCUT2D eigenvalue weighted by atomic mass is 16.2. The number of piperazine rings is 1. The van der Waals surface area contributed by atoms with Crippen molar-refractivity contribution >= 4 is 11.8 Å². The van der Waals surface area contributed by atoms with Crippen LogP contribution in [0.3, 0.4) is 0 Å². The molecule has 2 amide bonds. The van der Waals surface area contributed by atoms with E-state index in [1.807, 2.05) is 11.8 Å². The maximum Gasteiger partial charge on any atom is 0.245 e. The van der Waals surface area contributed by atoms with Crippen LogP contribution in [0.5, 0.6) is 0 Å². The minimum absolute atomic E-state index is 0.0155. The van der Waals surface area contributed by atoms with Crippen LogP contribution in [0.15, 0.2) is 0 Å². The molecule has 2 atom stereocenters. The average molecular weight is 267 g/mol. The summed E-state index contributed by atoms with van der Waals surface area (Å²) in [6.07, 6.45) is 2.48. The van der Waals surface area contributed by atoms with Gasteiger partial charge < -0.3 is 10.2 Å². The quantitative estimate of drug-likeness (QED) is 0.808. The van der Waals surface area contributed by atoms with E-state index >= 15 is 0 Å². The van der Waals surface area contributed by atoms with Gasteiger partial charge in [0.2, 0.25) is 11.8 Å². The molecule has 2 saturated heterocycles. The van der Waals surface area contributed by atoms with Crippen LogP contribution in [0, 0.1) is 5.92 Å². The van der Waals surface area contributed by atoms with Crippen molar-refractivity contribution in [2.45, 2.75) is 39.2 Å². The third-order valence-corrected chi connectivity index (χ3v) is 4.03. The summed E-state index contributed by atoms with van der Waals surface area (Å²) in [4.78, 5) is 28.2. The van der Waals surface area contributed by atoms with E-state index < -0.39 is 0 Å². The molecular weight excluding hydrogens is 242 g/mol. The number of piperidine rings is 1. The van der Waals surface area contributed by atoms with Crippen molar-refractivity contribution in [3.8, 4) is 0 Å². The number of carbonyl (C=O) groups excluding carboxylic acids is 2. The molecule has 5 nitrogen and oxygen atoms in total. The van der Waals surface area contributed by atoms with Crippen molar-refractivity contribution < 1.29 is 9.59 Å². The predicted octanol–water partition coefficient (Wildman–Crippen LogP) is 0.455. The van der Waals surface area contributed by atoms with Crippen LogP contribution in [-0.2, 0) is 9.59 Å². The van der Waals surface area contributed by atoms with Crippen LogP contribution in [0.25, 0.3) is 0 Å². The third-order valence-electron chi connectivity index (χ3n) is 4.03. The second-order valence-corrected chi connectivity index (χ2v) is 5.83. The molecule has 0 aliphatic carbocycles. The fraction of sp³-hybridized carbons (Fsp3) is 0.857. The van der Waals surface area contributed by atoms with Crippen LogP contribution >= 0.6 is 0 Å². The van der Waals surface area contributed by atoms with Gasteiger partial charge in [-0.05, 0) is 25.3 Å². The number of nitrogens with one attached hydrogen (secondary N) is 1. The second kappa shape index (κ2) is 6.37. The van der Waals surface area contributed by atoms with Crippen LogP contribution in [-0.4, -0.2) is 60.4 Å². The zero-order valence-electron chi connectivity index (χ0n) is 12.0. The Balaban J connectivity index is 1.85. The van der Waals surface area contributed by atoms with E-state index in [0.29, 0.717) is 12.3 Å². The lowest BCUT2D eigenvalue weighted by molar-refractivity contribution is -0.140.